The highest BCUT2D eigenvalue weighted by Crippen LogP contribution is 2.40. The van der Waals surface area contributed by atoms with Crippen molar-refractivity contribution in [2.75, 3.05) is 0 Å². The van der Waals surface area contributed by atoms with Crippen LogP contribution < -0.4 is 0 Å². The molecule has 0 N–H and O–H groups in total. The maximum Gasteiger partial charge on any atom is 0.164 e. The van der Waals surface area contributed by atoms with Gasteiger partial charge in [0, 0.05) is 27.5 Å². The Morgan fingerprint density at radius 2 is 0.894 bits per heavy atom. The average Bonchev–Trinajstić information content (AvgIpc) is 3.53. The second kappa shape index (κ2) is 11.2. The Labute approximate surface area is 271 Å². The van der Waals surface area contributed by atoms with E-state index in [0.29, 0.717) is 17.5 Å². The molecule has 0 atom stereocenters. The molecular formula is C43H27N3O. The summed E-state index contributed by atoms with van der Waals surface area (Å²) in [6.45, 7) is 0. The van der Waals surface area contributed by atoms with Gasteiger partial charge in [-0.25, -0.2) is 15.0 Å². The molecule has 220 valence electrons. The van der Waals surface area contributed by atoms with Gasteiger partial charge in [0.2, 0.25) is 0 Å². The van der Waals surface area contributed by atoms with E-state index in [9.17, 15) is 0 Å². The minimum atomic E-state index is 0.630. The number of hydrogen-bond acceptors (Lipinski definition) is 4. The van der Waals surface area contributed by atoms with Crippen molar-refractivity contribution in [2.45, 2.75) is 0 Å². The molecule has 7 aromatic carbocycles. The predicted molar refractivity (Wildman–Crippen MR) is 192 cm³/mol. The SMILES string of the molecule is c1ccc(-c2cc(-c3ccc(-c4nc(-c5ccccc5)nc(-c5ccc6ccccc6c5)n4)cc3)c3c(c2)oc2ccccc23)cc1. The summed E-state index contributed by atoms with van der Waals surface area (Å²) in [5.74, 6) is 1.92. The third kappa shape index (κ3) is 4.93. The zero-order valence-electron chi connectivity index (χ0n) is 25.3. The molecule has 4 nitrogen and oxygen atoms in total. The van der Waals surface area contributed by atoms with E-state index in [0.717, 1.165) is 66.3 Å². The maximum absolute atomic E-state index is 6.38. The quantitative estimate of drug-likeness (QED) is 0.197. The standard InChI is InChI=1S/C43H27N3O/c1-3-11-28(12-4-1)35-26-37(40-36-17-9-10-18-38(36)47-39(40)27-35)30-20-22-32(23-21-30)42-44-41(31-14-5-2-6-15-31)45-43(46-42)34-24-19-29-13-7-8-16-33(29)25-34/h1-27H. The molecule has 0 fully saturated rings. The van der Waals surface area contributed by atoms with Crippen molar-refractivity contribution >= 4 is 32.7 Å². The molecule has 0 bridgehead atoms. The smallest absolute Gasteiger partial charge is 0.164 e. The molecule has 2 heterocycles. The number of para-hydroxylation sites is 1. The van der Waals surface area contributed by atoms with Crippen LogP contribution in [0.1, 0.15) is 0 Å². The van der Waals surface area contributed by atoms with Gasteiger partial charge in [-0.05, 0) is 57.3 Å². The van der Waals surface area contributed by atoms with Crippen LogP contribution in [-0.2, 0) is 0 Å². The first-order valence-corrected chi connectivity index (χ1v) is 15.7. The Morgan fingerprint density at radius 3 is 1.64 bits per heavy atom. The number of rotatable bonds is 5. The molecule has 0 amide bonds. The molecule has 9 rings (SSSR count). The lowest BCUT2D eigenvalue weighted by molar-refractivity contribution is 0.669. The van der Waals surface area contributed by atoms with Crippen molar-refractivity contribution in [3.8, 4) is 56.4 Å². The minimum absolute atomic E-state index is 0.630. The number of nitrogens with zero attached hydrogens (tertiary/aromatic N) is 3. The number of aromatic nitrogens is 3. The monoisotopic (exact) mass is 601 g/mol. The van der Waals surface area contributed by atoms with E-state index in [4.69, 9.17) is 19.4 Å². The predicted octanol–water partition coefficient (Wildman–Crippen LogP) is 11.3. The highest BCUT2D eigenvalue weighted by atomic mass is 16.3. The average molecular weight is 602 g/mol. The first-order valence-electron chi connectivity index (χ1n) is 15.7. The molecule has 2 aromatic heterocycles. The first-order chi connectivity index (χ1) is 23.3. The molecule has 0 unspecified atom stereocenters. The highest BCUT2D eigenvalue weighted by molar-refractivity contribution is 6.13. The Kier molecular flexibility index (Phi) is 6.43. The van der Waals surface area contributed by atoms with Gasteiger partial charge in [0.15, 0.2) is 17.5 Å². The third-order valence-electron chi connectivity index (χ3n) is 8.71. The van der Waals surface area contributed by atoms with Crippen LogP contribution in [0.5, 0.6) is 0 Å². The van der Waals surface area contributed by atoms with Gasteiger partial charge >= 0.3 is 0 Å². The van der Waals surface area contributed by atoms with Crippen molar-refractivity contribution in [1.82, 2.24) is 15.0 Å². The summed E-state index contributed by atoms with van der Waals surface area (Å²) in [4.78, 5) is 14.9. The number of benzene rings is 7. The van der Waals surface area contributed by atoms with Crippen LogP contribution in [-0.4, -0.2) is 15.0 Å². The second-order valence-corrected chi connectivity index (χ2v) is 11.7. The third-order valence-corrected chi connectivity index (χ3v) is 8.71. The molecule has 0 saturated carbocycles. The zero-order chi connectivity index (χ0) is 31.2. The van der Waals surface area contributed by atoms with E-state index in [1.54, 1.807) is 0 Å². The molecule has 4 heteroatoms. The van der Waals surface area contributed by atoms with Crippen LogP contribution >= 0.6 is 0 Å². The first kappa shape index (κ1) is 27.0. The van der Waals surface area contributed by atoms with E-state index in [2.05, 4.69) is 115 Å². The van der Waals surface area contributed by atoms with Crippen LogP contribution in [0, 0.1) is 0 Å². The summed E-state index contributed by atoms with van der Waals surface area (Å²) in [6.07, 6.45) is 0. The Bertz CT molecular complexity index is 2550. The lowest BCUT2D eigenvalue weighted by Crippen LogP contribution is -2.00. The lowest BCUT2D eigenvalue weighted by atomic mass is 9.94. The van der Waals surface area contributed by atoms with Crippen molar-refractivity contribution in [3.05, 3.63) is 164 Å². The summed E-state index contributed by atoms with van der Waals surface area (Å²) < 4.78 is 6.38. The Balaban J connectivity index is 1.19. The molecule has 0 aliphatic heterocycles. The van der Waals surface area contributed by atoms with Crippen molar-refractivity contribution in [2.24, 2.45) is 0 Å². The van der Waals surface area contributed by atoms with E-state index in [1.807, 2.05) is 48.5 Å². The van der Waals surface area contributed by atoms with Gasteiger partial charge in [-0.15, -0.1) is 0 Å². The zero-order valence-corrected chi connectivity index (χ0v) is 25.3. The summed E-state index contributed by atoms with van der Waals surface area (Å²) in [5.41, 5.74) is 9.04. The van der Waals surface area contributed by atoms with Gasteiger partial charge in [0.1, 0.15) is 11.2 Å². The van der Waals surface area contributed by atoms with Crippen molar-refractivity contribution in [3.63, 3.8) is 0 Å². The van der Waals surface area contributed by atoms with Crippen molar-refractivity contribution in [1.29, 1.82) is 0 Å². The Morgan fingerprint density at radius 1 is 0.340 bits per heavy atom. The van der Waals surface area contributed by atoms with Gasteiger partial charge in [-0.2, -0.15) is 0 Å². The second-order valence-electron chi connectivity index (χ2n) is 11.7. The summed E-state index contributed by atoms with van der Waals surface area (Å²) in [7, 11) is 0. The van der Waals surface area contributed by atoms with Gasteiger partial charge in [-0.3, -0.25) is 0 Å². The number of fused-ring (bicyclic) bond motifs is 4. The van der Waals surface area contributed by atoms with Crippen LogP contribution in [0.2, 0.25) is 0 Å². The summed E-state index contributed by atoms with van der Waals surface area (Å²) in [5, 5.41) is 4.54. The lowest BCUT2D eigenvalue weighted by Gasteiger charge is -2.11. The molecular weight excluding hydrogens is 574 g/mol. The van der Waals surface area contributed by atoms with Crippen LogP contribution in [0.15, 0.2) is 168 Å². The van der Waals surface area contributed by atoms with E-state index >= 15 is 0 Å². The molecule has 9 aromatic rings. The molecule has 0 aliphatic rings. The van der Waals surface area contributed by atoms with E-state index < -0.39 is 0 Å². The fourth-order valence-corrected chi connectivity index (χ4v) is 6.36. The molecule has 0 spiro atoms. The topological polar surface area (TPSA) is 51.8 Å². The van der Waals surface area contributed by atoms with Crippen LogP contribution in [0.25, 0.3) is 89.1 Å². The van der Waals surface area contributed by atoms with E-state index in [1.165, 1.54) is 5.39 Å². The van der Waals surface area contributed by atoms with Crippen LogP contribution in [0.4, 0.5) is 0 Å². The number of hydrogen-bond donors (Lipinski definition) is 0. The molecule has 0 radical (unpaired) electrons. The minimum Gasteiger partial charge on any atom is -0.456 e. The molecule has 0 saturated heterocycles. The molecule has 0 aliphatic carbocycles. The highest BCUT2D eigenvalue weighted by Gasteiger charge is 2.17. The maximum atomic E-state index is 6.38. The van der Waals surface area contributed by atoms with Gasteiger partial charge in [0.25, 0.3) is 0 Å². The molecule has 47 heavy (non-hydrogen) atoms. The Hall–Kier alpha value is -6.39. The van der Waals surface area contributed by atoms with Gasteiger partial charge in [0.05, 0.1) is 0 Å². The fourth-order valence-electron chi connectivity index (χ4n) is 6.36. The van der Waals surface area contributed by atoms with Crippen LogP contribution in [0.3, 0.4) is 0 Å². The van der Waals surface area contributed by atoms with E-state index in [-0.39, 0.29) is 0 Å². The summed E-state index contributed by atoms with van der Waals surface area (Å²) in [6, 6.07) is 56.4. The summed E-state index contributed by atoms with van der Waals surface area (Å²) >= 11 is 0. The van der Waals surface area contributed by atoms with Crippen molar-refractivity contribution < 1.29 is 4.42 Å². The fraction of sp³-hybridized carbons (Fsp3) is 0. The van der Waals surface area contributed by atoms with Gasteiger partial charge in [-0.1, -0.05) is 140 Å². The largest absolute Gasteiger partial charge is 0.456 e. The van der Waals surface area contributed by atoms with Gasteiger partial charge < -0.3 is 4.42 Å². The number of furan rings is 1. The normalized spacial score (nSPS) is 11.4.